The first-order valence-electron chi connectivity index (χ1n) is 11.8. The van der Waals surface area contributed by atoms with Crippen LogP contribution < -0.4 is 10.6 Å². The molecule has 0 bridgehead atoms. The molecule has 0 radical (unpaired) electrons. The SMILES string of the molecule is COC(=O)c1c(NC(=O)C2CC(O)CN2C(=O)Nc2ccc(Cl)cc2)ccc(-c2ccccc2)c1S(C)(=O)=O. The van der Waals surface area contributed by atoms with E-state index in [9.17, 15) is 27.9 Å². The van der Waals surface area contributed by atoms with Crippen molar-refractivity contribution in [2.75, 3.05) is 30.5 Å². The van der Waals surface area contributed by atoms with Crippen molar-refractivity contribution < 1.29 is 32.6 Å². The number of carbonyl (C=O) groups is 3. The number of benzene rings is 3. The molecule has 0 aromatic heterocycles. The number of sulfone groups is 1. The number of methoxy groups -OCH3 is 1. The fourth-order valence-corrected chi connectivity index (χ4v) is 5.73. The average Bonchev–Trinajstić information content (AvgIpc) is 3.31. The number of carbonyl (C=O) groups excluding carboxylic acids is 3. The van der Waals surface area contributed by atoms with Crippen LogP contribution in [-0.4, -0.2) is 68.4 Å². The van der Waals surface area contributed by atoms with Gasteiger partial charge >= 0.3 is 12.0 Å². The Bertz CT molecular complexity index is 1510. The van der Waals surface area contributed by atoms with Crippen LogP contribution in [0.1, 0.15) is 16.8 Å². The summed E-state index contributed by atoms with van der Waals surface area (Å²) >= 11 is 5.89. The van der Waals surface area contributed by atoms with E-state index in [-0.39, 0.29) is 34.7 Å². The van der Waals surface area contributed by atoms with Crippen molar-refractivity contribution in [3.8, 4) is 11.1 Å². The normalized spacial score (nSPS) is 17.0. The van der Waals surface area contributed by atoms with Crippen molar-refractivity contribution in [1.82, 2.24) is 4.90 Å². The van der Waals surface area contributed by atoms with E-state index < -0.39 is 39.9 Å². The first kappa shape index (κ1) is 28.1. The molecule has 39 heavy (non-hydrogen) atoms. The Morgan fingerprint density at radius 2 is 1.67 bits per heavy atom. The Morgan fingerprint density at radius 1 is 1.00 bits per heavy atom. The topological polar surface area (TPSA) is 142 Å². The van der Waals surface area contributed by atoms with Gasteiger partial charge in [-0.15, -0.1) is 0 Å². The van der Waals surface area contributed by atoms with Crippen LogP contribution in [0.2, 0.25) is 5.02 Å². The first-order chi connectivity index (χ1) is 18.5. The number of halogens is 1. The zero-order valence-corrected chi connectivity index (χ0v) is 22.6. The van der Waals surface area contributed by atoms with E-state index in [1.165, 1.54) is 17.0 Å². The molecule has 1 saturated heterocycles. The molecule has 204 valence electrons. The third-order valence-electron chi connectivity index (χ3n) is 6.20. The third kappa shape index (κ3) is 6.22. The van der Waals surface area contributed by atoms with Gasteiger partial charge in [-0.2, -0.15) is 0 Å². The number of esters is 1. The van der Waals surface area contributed by atoms with Gasteiger partial charge in [-0.25, -0.2) is 18.0 Å². The number of β-amino-alcohol motifs (C(OH)–C–C–N with tert-alkyl or cyclic N) is 1. The minimum absolute atomic E-state index is 0.0611. The van der Waals surface area contributed by atoms with E-state index in [0.717, 1.165) is 13.4 Å². The molecule has 0 spiro atoms. The van der Waals surface area contributed by atoms with Crippen LogP contribution in [0, 0.1) is 0 Å². The van der Waals surface area contributed by atoms with Gasteiger partial charge in [0, 0.05) is 35.5 Å². The second-order valence-electron chi connectivity index (χ2n) is 8.98. The number of ether oxygens (including phenoxy) is 1. The molecule has 2 unspecified atom stereocenters. The van der Waals surface area contributed by atoms with Crippen molar-refractivity contribution >= 4 is 50.7 Å². The van der Waals surface area contributed by atoms with Crippen molar-refractivity contribution in [1.29, 1.82) is 0 Å². The maximum absolute atomic E-state index is 13.4. The van der Waals surface area contributed by atoms with Crippen LogP contribution in [0.3, 0.4) is 0 Å². The summed E-state index contributed by atoms with van der Waals surface area (Å²) in [5.41, 5.74) is 0.797. The molecule has 4 rings (SSSR count). The van der Waals surface area contributed by atoms with Crippen LogP contribution in [0.25, 0.3) is 11.1 Å². The largest absolute Gasteiger partial charge is 0.465 e. The Hall–Kier alpha value is -3.93. The summed E-state index contributed by atoms with van der Waals surface area (Å²) in [5, 5.41) is 16.0. The van der Waals surface area contributed by atoms with Gasteiger partial charge < -0.3 is 25.4 Å². The van der Waals surface area contributed by atoms with Gasteiger partial charge in [0.2, 0.25) is 5.91 Å². The van der Waals surface area contributed by atoms with Crippen LogP contribution in [0.15, 0.2) is 71.6 Å². The van der Waals surface area contributed by atoms with Gasteiger partial charge in [-0.05, 0) is 35.9 Å². The highest BCUT2D eigenvalue weighted by Gasteiger charge is 2.40. The quantitative estimate of drug-likeness (QED) is 0.382. The maximum Gasteiger partial charge on any atom is 0.341 e. The van der Waals surface area contributed by atoms with Gasteiger partial charge in [0.25, 0.3) is 0 Å². The number of nitrogens with one attached hydrogen (secondary N) is 2. The lowest BCUT2D eigenvalue weighted by Gasteiger charge is -2.25. The monoisotopic (exact) mass is 571 g/mol. The minimum atomic E-state index is -3.99. The standard InChI is InChI=1S/C27H26ClN3O7S/c1-38-26(34)23-21(13-12-20(24(23)39(2,36)37)16-6-4-3-5-7-16)30-25(33)22-14-19(32)15-31(22)27(35)29-18-10-8-17(28)9-11-18/h3-13,19,22,32H,14-15H2,1-2H3,(H,29,35)(H,30,33). The zero-order valence-electron chi connectivity index (χ0n) is 21.0. The Morgan fingerprint density at radius 3 is 2.28 bits per heavy atom. The molecule has 1 aliphatic heterocycles. The lowest BCUT2D eigenvalue weighted by atomic mass is 10.0. The molecule has 3 aromatic rings. The highest BCUT2D eigenvalue weighted by Crippen LogP contribution is 2.35. The lowest BCUT2D eigenvalue weighted by Crippen LogP contribution is -2.45. The number of urea groups is 1. The van der Waals surface area contributed by atoms with E-state index in [1.54, 1.807) is 54.6 Å². The number of amides is 3. The molecule has 3 aromatic carbocycles. The molecule has 3 N–H and O–H groups in total. The summed E-state index contributed by atoms with van der Waals surface area (Å²) in [6.45, 7) is -0.108. The number of hydrogen-bond donors (Lipinski definition) is 3. The van der Waals surface area contributed by atoms with Crippen LogP contribution in [0.5, 0.6) is 0 Å². The highest BCUT2D eigenvalue weighted by molar-refractivity contribution is 7.91. The Kier molecular flexibility index (Phi) is 8.24. The summed E-state index contributed by atoms with van der Waals surface area (Å²) in [5.74, 6) is -1.68. The Balaban J connectivity index is 1.69. The predicted molar refractivity (Wildman–Crippen MR) is 147 cm³/mol. The maximum atomic E-state index is 13.4. The molecule has 0 saturated carbocycles. The van der Waals surface area contributed by atoms with E-state index in [4.69, 9.17) is 16.3 Å². The molecular weight excluding hydrogens is 546 g/mol. The minimum Gasteiger partial charge on any atom is -0.465 e. The van der Waals surface area contributed by atoms with Crippen molar-refractivity contribution in [3.05, 3.63) is 77.3 Å². The third-order valence-corrected chi connectivity index (χ3v) is 7.62. The van der Waals surface area contributed by atoms with Gasteiger partial charge in [0.15, 0.2) is 9.84 Å². The number of aliphatic hydroxyl groups is 1. The fourth-order valence-electron chi connectivity index (χ4n) is 4.45. The Labute approximate surface area is 230 Å². The molecule has 3 amide bonds. The molecule has 1 aliphatic rings. The number of nitrogens with zero attached hydrogens (tertiary/aromatic N) is 1. The molecule has 1 heterocycles. The summed E-state index contributed by atoms with van der Waals surface area (Å²) in [4.78, 5) is 40.1. The van der Waals surface area contributed by atoms with E-state index in [0.29, 0.717) is 16.3 Å². The summed E-state index contributed by atoms with van der Waals surface area (Å²) in [7, 11) is -2.89. The highest BCUT2D eigenvalue weighted by atomic mass is 35.5. The molecule has 12 heteroatoms. The van der Waals surface area contributed by atoms with E-state index >= 15 is 0 Å². The van der Waals surface area contributed by atoms with Crippen LogP contribution in [0.4, 0.5) is 16.2 Å². The molecule has 0 aliphatic carbocycles. The van der Waals surface area contributed by atoms with Gasteiger partial charge in [-0.3, -0.25) is 4.79 Å². The molecule has 10 nitrogen and oxygen atoms in total. The zero-order chi connectivity index (χ0) is 28.3. The first-order valence-corrected chi connectivity index (χ1v) is 14.1. The number of likely N-dealkylation sites (tertiary alicyclic amines) is 1. The smallest absolute Gasteiger partial charge is 0.341 e. The summed E-state index contributed by atoms with van der Waals surface area (Å²) < 4.78 is 30.7. The van der Waals surface area contributed by atoms with E-state index in [1.807, 2.05) is 0 Å². The van der Waals surface area contributed by atoms with Crippen LogP contribution >= 0.6 is 11.6 Å². The van der Waals surface area contributed by atoms with Crippen LogP contribution in [-0.2, 0) is 19.4 Å². The van der Waals surface area contributed by atoms with Gasteiger partial charge in [-0.1, -0.05) is 48.0 Å². The number of hydrogen-bond acceptors (Lipinski definition) is 7. The summed E-state index contributed by atoms with van der Waals surface area (Å²) in [6.07, 6.45) is -0.0684. The second-order valence-corrected chi connectivity index (χ2v) is 11.4. The summed E-state index contributed by atoms with van der Waals surface area (Å²) in [6, 6.07) is 16.1. The second kappa shape index (κ2) is 11.4. The van der Waals surface area contributed by atoms with Crippen molar-refractivity contribution in [2.45, 2.75) is 23.5 Å². The molecule has 1 fully saturated rings. The number of aliphatic hydroxyl groups excluding tert-OH is 1. The van der Waals surface area contributed by atoms with E-state index in [2.05, 4.69) is 10.6 Å². The van der Waals surface area contributed by atoms with Crippen molar-refractivity contribution in [3.63, 3.8) is 0 Å². The molecular formula is C27H26ClN3O7S. The van der Waals surface area contributed by atoms with Gasteiger partial charge in [0.05, 0.1) is 23.8 Å². The lowest BCUT2D eigenvalue weighted by molar-refractivity contribution is -0.119. The number of rotatable bonds is 6. The fraction of sp³-hybridized carbons (Fsp3) is 0.222. The predicted octanol–water partition coefficient (Wildman–Crippen LogP) is 3.80. The van der Waals surface area contributed by atoms with Gasteiger partial charge in [0.1, 0.15) is 11.6 Å². The van der Waals surface area contributed by atoms with Crippen molar-refractivity contribution in [2.24, 2.45) is 0 Å². The number of anilines is 2. The average molecular weight is 572 g/mol. The molecule has 2 atom stereocenters.